The molecule has 0 unspecified atom stereocenters. The largest absolute Gasteiger partial charge is 0.459 e. The lowest BCUT2D eigenvalue weighted by Gasteiger charge is -2.35. The fourth-order valence-corrected chi connectivity index (χ4v) is 7.60. The van der Waals surface area contributed by atoms with Crippen LogP contribution in [0.4, 0.5) is 11.8 Å². The van der Waals surface area contributed by atoms with Crippen LogP contribution in [0.2, 0.25) is 0 Å². The number of ether oxygens (including phenoxy) is 6. The molecule has 3 aliphatic heterocycles. The molecule has 2 fully saturated rings. The number of rotatable bonds is 12. The third-order valence-corrected chi connectivity index (χ3v) is 10.8. The van der Waals surface area contributed by atoms with Gasteiger partial charge in [0.25, 0.3) is 0 Å². The van der Waals surface area contributed by atoms with Gasteiger partial charge in [0.15, 0.2) is 35.6 Å². The Hall–Kier alpha value is -7.04. The maximum atomic E-state index is 13.8. The number of aromatic nitrogens is 4. The molecule has 0 bridgehead atoms. The van der Waals surface area contributed by atoms with Gasteiger partial charge in [0.2, 0.25) is 12.7 Å². The summed E-state index contributed by atoms with van der Waals surface area (Å²) in [7, 11) is 3.70. The van der Waals surface area contributed by atoms with Gasteiger partial charge in [-0.25, -0.2) is 19.1 Å². The van der Waals surface area contributed by atoms with Gasteiger partial charge in [-0.05, 0) is 54.1 Å². The van der Waals surface area contributed by atoms with Crippen molar-refractivity contribution < 1.29 is 42.8 Å². The van der Waals surface area contributed by atoms with Crippen molar-refractivity contribution in [2.24, 2.45) is 0 Å². The van der Waals surface area contributed by atoms with E-state index in [2.05, 4.69) is 15.9 Å². The molecule has 9 rings (SSSR count). The molecule has 0 radical (unpaired) electrons. The predicted octanol–water partition coefficient (Wildman–Crippen LogP) is 5.15. The number of anilines is 2. The smallest absolute Gasteiger partial charge is 0.338 e. The van der Waals surface area contributed by atoms with Gasteiger partial charge in [-0.15, -0.1) is 0 Å². The summed E-state index contributed by atoms with van der Waals surface area (Å²) in [6, 6.07) is 31.5. The van der Waals surface area contributed by atoms with Gasteiger partial charge in [-0.1, -0.05) is 60.7 Å². The van der Waals surface area contributed by atoms with Gasteiger partial charge in [0.05, 0.1) is 28.3 Å². The van der Waals surface area contributed by atoms with Crippen molar-refractivity contribution in [3.05, 3.63) is 138 Å². The predicted molar refractivity (Wildman–Crippen MR) is 222 cm³/mol. The highest BCUT2D eigenvalue weighted by atomic mass is 16.7. The summed E-state index contributed by atoms with van der Waals surface area (Å²) in [6.07, 6.45) is -3.14. The topological polar surface area (TPSA) is 160 Å². The first-order chi connectivity index (χ1) is 29.8. The van der Waals surface area contributed by atoms with Gasteiger partial charge in [0, 0.05) is 46.8 Å². The molecule has 4 aromatic carbocycles. The molecule has 61 heavy (non-hydrogen) atoms. The number of piperazine rings is 1. The molecule has 16 nitrogen and oxygen atoms in total. The van der Waals surface area contributed by atoms with E-state index in [0.29, 0.717) is 41.5 Å². The molecule has 6 aromatic rings. The first-order valence-corrected chi connectivity index (χ1v) is 20.0. The second kappa shape index (κ2) is 17.3. The van der Waals surface area contributed by atoms with E-state index >= 15 is 0 Å². The van der Waals surface area contributed by atoms with Gasteiger partial charge in [-0.2, -0.15) is 15.1 Å². The molecular weight excluding hydrogens is 783 g/mol. The van der Waals surface area contributed by atoms with Crippen LogP contribution in [-0.2, 0) is 25.5 Å². The lowest BCUT2D eigenvalue weighted by Crippen LogP contribution is -2.46. The molecule has 2 aromatic heterocycles. The first kappa shape index (κ1) is 39.4. The molecule has 0 aliphatic carbocycles. The SMILES string of the molecule is CN(C)c1nc(N2CCN(Cc3ccc4c(c3)OCO4)CC2)c2cnn([C@@H]3O[C@H](COC(=O)c4ccccc4)[C@@H](OC(=O)c4ccccc4)[C@H]3OC(=O)c3ccccc3)c2n1. The van der Waals surface area contributed by atoms with Crippen LogP contribution in [-0.4, -0.2) is 115 Å². The number of hydrogen-bond donors (Lipinski definition) is 0. The standard InChI is InChI=1S/C45H43N7O9/c1-49(2)45-47-39(51-22-20-50(21-23-51)26-29-18-19-34-35(24-29)58-28-57-34)33-25-46-52(40(33)48-45)41-38(61-44(55)32-16-10-5-11-17-32)37(60-43(54)31-14-8-4-9-15-31)36(59-41)27-56-42(53)30-12-6-3-7-13-30/h3-19,24-25,36-38,41H,20-23,26-28H2,1-2H3/t36-,37-,38-,41-/m1/s1. The van der Waals surface area contributed by atoms with E-state index in [-0.39, 0.29) is 24.5 Å². The molecule has 0 amide bonds. The molecule has 5 heterocycles. The van der Waals surface area contributed by atoms with Crippen molar-refractivity contribution in [1.82, 2.24) is 24.6 Å². The summed E-state index contributed by atoms with van der Waals surface area (Å²) in [4.78, 5) is 57.1. The molecular formula is C45H43N7O9. The highest BCUT2D eigenvalue weighted by molar-refractivity contribution is 5.91. The minimum Gasteiger partial charge on any atom is -0.459 e. The minimum absolute atomic E-state index is 0.232. The summed E-state index contributed by atoms with van der Waals surface area (Å²) in [6.45, 7) is 3.55. The normalized spacial score (nSPS) is 19.7. The molecule has 0 spiro atoms. The van der Waals surface area contributed by atoms with Crippen LogP contribution < -0.4 is 19.3 Å². The number of carbonyl (C=O) groups excluding carboxylic acids is 3. The van der Waals surface area contributed by atoms with Crippen molar-refractivity contribution in [1.29, 1.82) is 0 Å². The van der Waals surface area contributed by atoms with E-state index in [4.69, 9.17) is 43.5 Å². The fourth-order valence-electron chi connectivity index (χ4n) is 7.60. The van der Waals surface area contributed by atoms with E-state index in [9.17, 15) is 14.4 Å². The number of hydrogen-bond acceptors (Lipinski definition) is 15. The summed E-state index contributed by atoms with van der Waals surface area (Å²) in [5.41, 5.74) is 2.41. The van der Waals surface area contributed by atoms with E-state index in [1.54, 1.807) is 102 Å². The van der Waals surface area contributed by atoms with E-state index in [1.807, 2.05) is 26.2 Å². The third kappa shape index (κ3) is 8.40. The zero-order valence-electron chi connectivity index (χ0n) is 33.5. The third-order valence-electron chi connectivity index (χ3n) is 10.8. The van der Waals surface area contributed by atoms with Crippen LogP contribution in [0.25, 0.3) is 11.0 Å². The summed E-state index contributed by atoms with van der Waals surface area (Å²) in [5.74, 6) is 0.650. The molecule has 0 saturated carbocycles. The number of nitrogens with zero attached hydrogens (tertiary/aromatic N) is 7. The van der Waals surface area contributed by atoms with Crippen LogP contribution in [0.5, 0.6) is 11.5 Å². The highest BCUT2D eigenvalue weighted by Gasteiger charge is 2.52. The van der Waals surface area contributed by atoms with E-state index < -0.39 is 42.4 Å². The Labute approximate surface area is 351 Å². The zero-order chi connectivity index (χ0) is 41.9. The molecule has 3 aliphatic rings. The van der Waals surface area contributed by atoms with Gasteiger partial charge >= 0.3 is 17.9 Å². The van der Waals surface area contributed by atoms with Crippen LogP contribution >= 0.6 is 0 Å². The Balaban J connectivity index is 1.04. The van der Waals surface area contributed by atoms with Crippen molar-refractivity contribution >= 4 is 40.7 Å². The quantitative estimate of drug-likeness (QED) is 0.118. The Kier molecular flexibility index (Phi) is 11.2. The Morgan fingerprint density at radius 2 is 1.33 bits per heavy atom. The Bertz CT molecular complexity index is 2510. The maximum Gasteiger partial charge on any atom is 0.338 e. The lowest BCUT2D eigenvalue weighted by atomic mass is 10.1. The fraction of sp³-hybridized carbons (Fsp3) is 0.289. The maximum absolute atomic E-state index is 13.8. The number of benzene rings is 4. The van der Waals surface area contributed by atoms with Crippen LogP contribution in [0, 0.1) is 0 Å². The minimum atomic E-state index is -1.27. The summed E-state index contributed by atoms with van der Waals surface area (Å²) < 4.78 is 37.4. The average molecular weight is 826 g/mol. The Morgan fingerprint density at radius 1 is 0.721 bits per heavy atom. The molecule has 4 atom stereocenters. The number of carbonyl (C=O) groups is 3. The summed E-state index contributed by atoms with van der Waals surface area (Å²) in [5, 5.41) is 5.43. The number of esters is 3. The van der Waals surface area contributed by atoms with E-state index in [0.717, 1.165) is 36.7 Å². The average Bonchev–Trinajstić information content (AvgIpc) is 4.03. The molecule has 16 heteroatoms. The molecule has 2 saturated heterocycles. The van der Waals surface area contributed by atoms with Gasteiger partial charge in [0.1, 0.15) is 18.5 Å². The second-order valence-electron chi connectivity index (χ2n) is 15.0. The molecule has 312 valence electrons. The second-order valence-corrected chi connectivity index (χ2v) is 15.0. The van der Waals surface area contributed by atoms with E-state index in [1.165, 1.54) is 4.68 Å². The van der Waals surface area contributed by atoms with Crippen molar-refractivity contribution in [3.63, 3.8) is 0 Å². The zero-order valence-corrected chi connectivity index (χ0v) is 33.5. The lowest BCUT2D eigenvalue weighted by molar-refractivity contribution is -0.0654. The van der Waals surface area contributed by atoms with Crippen LogP contribution in [0.15, 0.2) is 115 Å². The van der Waals surface area contributed by atoms with Crippen molar-refractivity contribution in [2.75, 3.05) is 63.5 Å². The Morgan fingerprint density at radius 3 is 1.97 bits per heavy atom. The summed E-state index contributed by atoms with van der Waals surface area (Å²) >= 11 is 0. The van der Waals surface area contributed by atoms with Crippen LogP contribution in [0.3, 0.4) is 0 Å². The monoisotopic (exact) mass is 825 g/mol. The number of fused-ring (bicyclic) bond motifs is 2. The van der Waals surface area contributed by atoms with Crippen molar-refractivity contribution in [2.45, 2.75) is 31.1 Å². The highest BCUT2D eigenvalue weighted by Crippen LogP contribution is 2.39. The first-order valence-electron chi connectivity index (χ1n) is 20.0. The van der Waals surface area contributed by atoms with Crippen molar-refractivity contribution in [3.8, 4) is 11.5 Å². The van der Waals surface area contributed by atoms with Crippen LogP contribution in [0.1, 0.15) is 42.9 Å². The van der Waals surface area contributed by atoms with Gasteiger partial charge in [-0.3, -0.25) is 4.90 Å². The molecule has 0 N–H and O–H groups in total. The van der Waals surface area contributed by atoms with Gasteiger partial charge < -0.3 is 38.2 Å².